The highest BCUT2D eigenvalue weighted by molar-refractivity contribution is 5.90. The Morgan fingerprint density at radius 2 is 1.92 bits per heavy atom. The smallest absolute Gasteiger partial charge is 0.160 e. The minimum absolute atomic E-state index is 0.0659. The van der Waals surface area contributed by atoms with E-state index in [1.807, 2.05) is 30.3 Å². The molecule has 0 heterocycles. The van der Waals surface area contributed by atoms with Gasteiger partial charge in [-0.05, 0) is 35.8 Å². The third-order valence-electron chi connectivity index (χ3n) is 3.46. The highest BCUT2D eigenvalue weighted by Crippen LogP contribution is 2.26. The van der Waals surface area contributed by atoms with Crippen molar-refractivity contribution in [3.8, 4) is 11.5 Å². The lowest BCUT2D eigenvalue weighted by atomic mass is 10.1. The molecule has 0 saturated heterocycles. The zero-order chi connectivity index (χ0) is 17.4. The maximum atomic E-state index is 11.9. The average Bonchev–Trinajstić information content (AvgIpc) is 2.60. The molecule has 124 valence electrons. The Morgan fingerprint density at radius 3 is 2.62 bits per heavy atom. The van der Waals surface area contributed by atoms with Crippen LogP contribution >= 0.6 is 0 Å². The molecule has 24 heavy (non-hydrogen) atoms. The van der Waals surface area contributed by atoms with Gasteiger partial charge in [-0.25, -0.2) is 0 Å². The summed E-state index contributed by atoms with van der Waals surface area (Å²) in [7, 11) is 1.48. The maximum absolute atomic E-state index is 11.9. The summed E-state index contributed by atoms with van der Waals surface area (Å²) >= 11 is 0. The fourth-order valence-corrected chi connectivity index (χ4v) is 2.18. The first-order chi connectivity index (χ1) is 11.6. The van der Waals surface area contributed by atoms with Gasteiger partial charge in [0.1, 0.15) is 5.76 Å². The van der Waals surface area contributed by atoms with Crippen LogP contribution in [-0.4, -0.2) is 23.1 Å². The Kier molecular flexibility index (Phi) is 6.20. The minimum atomic E-state index is -0.169. The molecule has 0 aliphatic rings. The number of aromatic hydroxyl groups is 1. The number of benzene rings is 2. The van der Waals surface area contributed by atoms with E-state index < -0.39 is 0 Å². The Balaban J connectivity index is 1.91. The summed E-state index contributed by atoms with van der Waals surface area (Å²) in [6, 6.07) is 14.5. The van der Waals surface area contributed by atoms with Crippen molar-refractivity contribution in [1.29, 1.82) is 0 Å². The molecule has 2 aromatic carbocycles. The average molecular weight is 324 g/mol. The van der Waals surface area contributed by atoms with Crippen molar-refractivity contribution in [2.75, 3.05) is 7.11 Å². The number of allylic oxidation sites excluding steroid dienone is 2. The van der Waals surface area contributed by atoms with Crippen LogP contribution < -0.4 is 4.74 Å². The maximum Gasteiger partial charge on any atom is 0.160 e. The number of methoxy groups -OCH3 is 1. The van der Waals surface area contributed by atoms with Crippen molar-refractivity contribution >= 4 is 11.9 Å². The van der Waals surface area contributed by atoms with Crippen LogP contribution in [-0.2, 0) is 11.2 Å². The van der Waals surface area contributed by atoms with Crippen LogP contribution in [0.25, 0.3) is 6.08 Å². The Labute approximate surface area is 141 Å². The number of rotatable bonds is 7. The van der Waals surface area contributed by atoms with E-state index in [9.17, 15) is 15.0 Å². The van der Waals surface area contributed by atoms with Crippen LogP contribution in [0.4, 0.5) is 0 Å². The first kappa shape index (κ1) is 17.3. The fraction of sp³-hybridized carbons (Fsp3) is 0.150. The van der Waals surface area contributed by atoms with Gasteiger partial charge in [-0.15, -0.1) is 0 Å². The lowest BCUT2D eigenvalue weighted by Gasteiger charge is -2.05. The second kappa shape index (κ2) is 8.58. The van der Waals surface area contributed by atoms with Gasteiger partial charge in [-0.2, -0.15) is 0 Å². The Hall–Kier alpha value is -3.01. The van der Waals surface area contributed by atoms with Crippen LogP contribution in [0, 0.1) is 0 Å². The number of phenolic OH excluding ortho intramolecular Hbond substituents is 1. The highest BCUT2D eigenvalue weighted by Gasteiger charge is 2.05. The quantitative estimate of drug-likeness (QED) is 0.458. The molecule has 0 fully saturated rings. The topological polar surface area (TPSA) is 66.8 Å². The molecule has 0 bridgehead atoms. The van der Waals surface area contributed by atoms with Crippen LogP contribution in [0.15, 0.2) is 66.4 Å². The van der Waals surface area contributed by atoms with E-state index in [1.54, 1.807) is 18.2 Å². The molecule has 2 aromatic rings. The number of aliphatic hydroxyl groups is 1. The summed E-state index contributed by atoms with van der Waals surface area (Å²) in [6.45, 7) is 0. The molecule has 0 saturated carbocycles. The predicted molar refractivity (Wildman–Crippen MR) is 94.2 cm³/mol. The number of ketones is 1. The van der Waals surface area contributed by atoms with E-state index in [4.69, 9.17) is 4.74 Å². The van der Waals surface area contributed by atoms with Crippen molar-refractivity contribution in [2.45, 2.75) is 12.8 Å². The fourth-order valence-electron chi connectivity index (χ4n) is 2.18. The van der Waals surface area contributed by atoms with Gasteiger partial charge in [0.2, 0.25) is 0 Å². The van der Waals surface area contributed by atoms with Gasteiger partial charge in [0.15, 0.2) is 17.3 Å². The Morgan fingerprint density at radius 1 is 1.17 bits per heavy atom. The standard InChI is InChI=1S/C20H20O4/c1-24-20-13-16(9-12-19(20)23)8-11-18(22)14-17(21)10-7-15-5-3-2-4-6-15/h2-7,9-10,12-14,21,23H,8,11H2,1H3/b10-7+,17-14-. The van der Waals surface area contributed by atoms with E-state index in [-0.39, 0.29) is 23.7 Å². The van der Waals surface area contributed by atoms with Gasteiger partial charge in [-0.3, -0.25) is 4.79 Å². The van der Waals surface area contributed by atoms with E-state index in [0.717, 1.165) is 11.1 Å². The number of phenols is 1. The summed E-state index contributed by atoms with van der Waals surface area (Å²) < 4.78 is 5.03. The number of carbonyl (C=O) groups is 1. The predicted octanol–water partition coefficient (Wildman–Crippen LogP) is 4.06. The Bertz CT molecular complexity index is 745. The first-order valence-electron chi connectivity index (χ1n) is 7.61. The number of aliphatic hydroxyl groups excluding tert-OH is 1. The molecule has 2 N–H and O–H groups in total. The number of ether oxygens (including phenoxy) is 1. The molecule has 0 radical (unpaired) electrons. The molecule has 4 heteroatoms. The number of aryl methyl sites for hydroxylation is 1. The molecular weight excluding hydrogens is 304 g/mol. The molecule has 2 rings (SSSR count). The first-order valence-corrected chi connectivity index (χ1v) is 7.61. The largest absolute Gasteiger partial charge is 0.508 e. The van der Waals surface area contributed by atoms with Crippen LogP contribution in [0.2, 0.25) is 0 Å². The summed E-state index contributed by atoms with van der Waals surface area (Å²) in [4.78, 5) is 11.9. The third-order valence-corrected chi connectivity index (χ3v) is 3.46. The molecule has 0 aliphatic carbocycles. The molecule has 0 spiro atoms. The molecule has 0 aromatic heterocycles. The molecule has 0 aliphatic heterocycles. The number of hydrogen-bond acceptors (Lipinski definition) is 4. The highest BCUT2D eigenvalue weighted by atomic mass is 16.5. The normalized spacial score (nSPS) is 11.6. The second-order valence-corrected chi connectivity index (χ2v) is 5.29. The van der Waals surface area contributed by atoms with E-state index in [0.29, 0.717) is 12.2 Å². The molecule has 0 unspecified atom stereocenters. The summed E-state index contributed by atoms with van der Waals surface area (Å²) in [5.74, 6) is 0.199. The molecule has 0 atom stereocenters. The molecule has 0 amide bonds. The zero-order valence-corrected chi connectivity index (χ0v) is 13.5. The zero-order valence-electron chi connectivity index (χ0n) is 13.5. The van der Waals surface area contributed by atoms with Gasteiger partial charge in [0.25, 0.3) is 0 Å². The monoisotopic (exact) mass is 324 g/mol. The van der Waals surface area contributed by atoms with Crippen molar-refractivity contribution in [2.24, 2.45) is 0 Å². The second-order valence-electron chi connectivity index (χ2n) is 5.29. The van der Waals surface area contributed by atoms with Crippen LogP contribution in [0.5, 0.6) is 11.5 Å². The number of carbonyl (C=O) groups excluding carboxylic acids is 1. The van der Waals surface area contributed by atoms with Crippen molar-refractivity contribution in [3.63, 3.8) is 0 Å². The van der Waals surface area contributed by atoms with E-state index >= 15 is 0 Å². The van der Waals surface area contributed by atoms with Gasteiger partial charge in [-0.1, -0.05) is 42.5 Å². The molecular formula is C20H20O4. The van der Waals surface area contributed by atoms with Crippen molar-refractivity contribution in [1.82, 2.24) is 0 Å². The van der Waals surface area contributed by atoms with Crippen LogP contribution in [0.1, 0.15) is 17.5 Å². The lowest BCUT2D eigenvalue weighted by molar-refractivity contribution is -0.114. The minimum Gasteiger partial charge on any atom is -0.508 e. The SMILES string of the molecule is COc1cc(CCC(=O)/C=C(O)/C=C/c2ccccc2)ccc1O. The molecule has 4 nitrogen and oxygen atoms in total. The van der Waals surface area contributed by atoms with Crippen LogP contribution in [0.3, 0.4) is 0 Å². The van der Waals surface area contributed by atoms with Crippen molar-refractivity contribution < 1.29 is 19.7 Å². The number of hydrogen-bond donors (Lipinski definition) is 2. The van der Waals surface area contributed by atoms with Gasteiger partial charge >= 0.3 is 0 Å². The van der Waals surface area contributed by atoms with Gasteiger partial charge in [0, 0.05) is 12.5 Å². The lowest BCUT2D eigenvalue weighted by Crippen LogP contribution is -1.98. The van der Waals surface area contributed by atoms with Gasteiger partial charge in [0.05, 0.1) is 7.11 Å². The summed E-state index contributed by atoms with van der Waals surface area (Å²) in [5, 5.41) is 19.3. The van der Waals surface area contributed by atoms with Crippen molar-refractivity contribution in [3.05, 3.63) is 77.6 Å². The van der Waals surface area contributed by atoms with Gasteiger partial charge < -0.3 is 14.9 Å². The third kappa shape index (κ3) is 5.32. The van der Waals surface area contributed by atoms with E-state index in [2.05, 4.69) is 0 Å². The summed E-state index contributed by atoms with van der Waals surface area (Å²) in [6.07, 6.45) is 5.22. The van der Waals surface area contributed by atoms with E-state index in [1.165, 1.54) is 25.3 Å². The summed E-state index contributed by atoms with van der Waals surface area (Å²) in [5.41, 5.74) is 1.83.